The minimum atomic E-state index is -0.497. The van der Waals surface area contributed by atoms with Crippen LogP contribution in [0, 0.1) is 0 Å². The largest absolute Gasteiger partial charge is 0.469 e. The van der Waals surface area contributed by atoms with Gasteiger partial charge in [-0.3, -0.25) is 9.89 Å². The number of nitrogens with one attached hydrogen (secondary N) is 2. The van der Waals surface area contributed by atoms with Crippen LogP contribution >= 0.6 is 0 Å². The lowest BCUT2D eigenvalue weighted by atomic mass is 10.2. The van der Waals surface area contributed by atoms with Crippen molar-refractivity contribution in [2.75, 3.05) is 59.0 Å². The van der Waals surface area contributed by atoms with E-state index in [1.807, 2.05) is 32.9 Å². The summed E-state index contributed by atoms with van der Waals surface area (Å²) in [5.74, 6) is 1.85. The van der Waals surface area contributed by atoms with Crippen molar-refractivity contribution in [1.29, 1.82) is 0 Å². The second-order valence-electron chi connectivity index (χ2n) is 9.35. The van der Waals surface area contributed by atoms with Crippen molar-refractivity contribution in [3.05, 3.63) is 24.2 Å². The normalized spacial score (nSPS) is 20.4. The number of nitrogens with zero attached hydrogens (tertiary/aromatic N) is 3. The van der Waals surface area contributed by atoms with E-state index >= 15 is 0 Å². The molecule has 1 aromatic heterocycles. The van der Waals surface area contributed by atoms with Gasteiger partial charge in [0.25, 0.3) is 0 Å². The van der Waals surface area contributed by atoms with Crippen molar-refractivity contribution in [3.63, 3.8) is 0 Å². The SMILES string of the molecule is CC(C)(C)OC(=O)NC1CCN(C(=NCCCN2CCOCC2)NCCc2ccco2)C1. The minimum absolute atomic E-state index is 0.0512. The standard InChI is InChI=1S/C23H39N5O4/c1-23(2,3)32-22(29)26-19-8-12-28(18-19)21(25-10-7-20-6-4-15-31-20)24-9-5-11-27-13-16-30-17-14-27/h4,6,15,19H,5,7-14,16-18H2,1-3H3,(H,24,25)(H,26,29). The van der Waals surface area contributed by atoms with E-state index in [0.717, 1.165) is 90.0 Å². The van der Waals surface area contributed by atoms with Crippen molar-refractivity contribution in [3.8, 4) is 0 Å². The zero-order valence-corrected chi connectivity index (χ0v) is 19.8. The number of alkyl carbamates (subject to hydrolysis) is 1. The molecule has 3 rings (SSSR count). The first kappa shape index (κ1) is 24.4. The molecule has 0 aromatic carbocycles. The van der Waals surface area contributed by atoms with Gasteiger partial charge in [0.15, 0.2) is 5.96 Å². The number of guanidine groups is 1. The van der Waals surface area contributed by atoms with Gasteiger partial charge in [0.2, 0.25) is 0 Å². The fraction of sp³-hybridized carbons (Fsp3) is 0.739. The molecule has 0 spiro atoms. The van der Waals surface area contributed by atoms with Gasteiger partial charge >= 0.3 is 6.09 Å². The average molecular weight is 450 g/mol. The summed E-state index contributed by atoms with van der Waals surface area (Å²) in [6.45, 7) is 13.4. The van der Waals surface area contributed by atoms with Crippen LogP contribution in [0.3, 0.4) is 0 Å². The molecule has 32 heavy (non-hydrogen) atoms. The molecule has 180 valence electrons. The van der Waals surface area contributed by atoms with Crippen molar-refractivity contribution in [1.82, 2.24) is 20.4 Å². The van der Waals surface area contributed by atoms with Gasteiger partial charge < -0.3 is 29.4 Å². The number of likely N-dealkylation sites (tertiary alicyclic amines) is 1. The van der Waals surface area contributed by atoms with Gasteiger partial charge in [-0.1, -0.05) is 0 Å². The first-order chi connectivity index (χ1) is 15.4. The Hall–Kier alpha value is -2.26. The van der Waals surface area contributed by atoms with Gasteiger partial charge in [-0.15, -0.1) is 0 Å². The van der Waals surface area contributed by atoms with E-state index in [0.29, 0.717) is 0 Å². The number of carbonyl (C=O) groups is 1. The summed E-state index contributed by atoms with van der Waals surface area (Å²) in [6, 6.07) is 3.94. The summed E-state index contributed by atoms with van der Waals surface area (Å²) >= 11 is 0. The molecule has 2 saturated heterocycles. The molecule has 2 aliphatic heterocycles. The van der Waals surface area contributed by atoms with Crippen molar-refractivity contribution in [2.45, 2.75) is 51.7 Å². The Morgan fingerprint density at radius 2 is 2.09 bits per heavy atom. The molecule has 1 unspecified atom stereocenters. The van der Waals surface area contributed by atoms with Crippen LogP contribution in [0.25, 0.3) is 0 Å². The summed E-state index contributed by atoms with van der Waals surface area (Å²) < 4.78 is 16.3. The van der Waals surface area contributed by atoms with Crippen LogP contribution in [-0.2, 0) is 15.9 Å². The second kappa shape index (κ2) is 12.1. The summed E-state index contributed by atoms with van der Waals surface area (Å²) in [4.78, 5) is 21.7. The van der Waals surface area contributed by atoms with Crippen LogP contribution in [0.4, 0.5) is 4.79 Å². The zero-order chi connectivity index (χ0) is 22.8. The quantitative estimate of drug-likeness (QED) is 0.357. The lowest BCUT2D eigenvalue weighted by molar-refractivity contribution is 0.0377. The molecule has 3 heterocycles. The molecule has 9 heteroatoms. The first-order valence-electron chi connectivity index (χ1n) is 11.7. The number of hydrogen-bond donors (Lipinski definition) is 2. The molecular formula is C23H39N5O4. The number of aliphatic imine (C=N–C) groups is 1. The van der Waals surface area contributed by atoms with E-state index in [4.69, 9.17) is 18.9 Å². The summed E-state index contributed by atoms with van der Waals surface area (Å²) in [7, 11) is 0. The highest BCUT2D eigenvalue weighted by Crippen LogP contribution is 2.12. The van der Waals surface area contributed by atoms with Gasteiger partial charge in [0, 0.05) is 52.2 Å². The highest BCUT2D eigenvalue weighted by Gasteiger charge is 2.28. The molecule has 1 aromatic rings. The van der Waals surface area contributed by atoms with E-state index in [1.54, 1.807) is 6.26 Å². The lowest BCUT2D eigenvalue weighted by Crippen LogP contribution is -2.44. The van der Waals surface area contributed by atoms with Crippen LogP contribution in [0.1, 0.15) is 39.4 Å². The monoisotopic (exact) mass is 449 g/mol. The van der Waals surface area contributed by atoms with Gasteiger partial charge in [0.05, 0.1) is 25.5 Å². The molecule has 1 atom stereocenters. The van der Waals surface area contributed by atoms with Crippen molar-refractivity contribution < 1.29 is 18.7 Å². The third kappa shape index (κ3) is 8.70. The third-order valence-electron chi connectivity index (χ3n) is 5.44. The van der Waals surface area contributed by atoms with Crippen molar-refractivity contribution >= 4 is 12.1 Å². The number of amides is 1. The molecule has 0 bridgehead atoms. The lowest BCUT2D eigenvalue weighted by Gasteiger charge is -2.26. The molecule has 9 nitrogen and oxygen atoms in total. The Bertz CT molecular complexity index is 710. The van der Waals surface area contributed by atoms with E-state index in [2.05, 4.69) is 20.4 Å². The van der Waals surface area contributed by atoms with E-state index in [-0.39, 0.29) is 12.1 Å². The number of hydrogen-bond acceptors (Lipinski definition) is 6. The maximum Gasteiger partial charge on any atom is 0.407 e. The molecular weight excluding hydrogens is 410 g/mol. The molecule has 0 radical (unpaired) electrons. The Labute approximate surface area is 191 Å². The summed E-state index contributed by atoms with van der Waals surface area (Å²) in [6.07, 6.45) is 4.01. The minimum Gasteiger partial charge on any atom is -0.469 e. The van der Waals surface area contributed by atoms with Gasteiger partial charge in [-0.25, -0.2) is 4.79 Å². The Balaban J connectivity index is 1.49. The fourth-order valence-corrected chi connectivity index (χ4v) is 3.87. The highest BCUT2D eigenvalue weighted by molar-refractivity contribution is 5.80. The predicted molar refractivity (Wildman–Crippen MR) is 124 cm³/mol. The van der Waals surface area contributed by atoms with E-state index in [9.17, 15) is 4.79 Å². The number of carbonyl (C=O) groups excluding carboxylic acids is 1. The number of rotatable bonds is 8. The third-order valence-corrected chi connectivity index (χ3v) is 5.44. The smallest absolute Gasteiger partial charge is 0.407 e. The molecule has 2 aliphatic rings. The Morgan fingerprint density at radius 1 is 1.28 bits per heavy atom. The highest BCUT2D eigenvalue weighted by atomic mass is 16.6. The molecule has 0 saturated carbocycles. The van der Waals surface area contributed by atoms with Crippen LogP contribution < -0.4 is 10.6 Å². The van der Waals surface area contributed by atoms with Crippen LogP contribution in [0.2, 0.25) is 0 Å². The van der Waals surface area contributed by atoms with E-state index < -0.39 is 5.60 Å². The molecule has 0 aliphatic carbocycles. The summed E-state index contributed by atoms with van der Waals surface area (Å²) in [5.41, 5.74) is -0.497. The van der Waals surface area contributed by atoms with Gasteiger partial charge in [-0.2, -0.15) is 0 Å². The van der Waals surface area contributed by atoms with Gasteiger partial charge in [-0.05, 0) is 45.7 Å². The summed E-state index contributed by atoms with van der Waals surface area (Å²) in [5, 5.41) is 6.48. The topological polar surface area (TPSA) is 91.6 Å². The Kier molecular flexibility index (Phi) is 9.23. The fourth-order valence-electron chi connectivity index (χ4n) is 3.87. The van der Waals surface area contributed by atoms with Crippen molar-refractivity contribution in [2.24, 2.45) is 4.99 Å². The number of morpholine rings is 1. The molecule has 1 amide bonds. The van der Waals surface area contributed by atoms with Crippen LogP contribution in [-0.4, -0.2) is 92.5 Å². The van der Waals surface area contributed by atoms with E-state index in [1.165, 1.54) is 0 Å². The maximum absolute atomic E-state index is 12.1. The Morgan fingerprint density at radius 3 is 2.81 bits per heavy atom. The first-order valence-corrected chi connectivity index (χ1v) is 11.7. The maximum atomic E-state index is 12.1. The number of furan rings is 1. The van der Waals surface area contributed by atoms with Crippen LogP contribution in [0.15, 0.2) is 27.8 Å². The van der Waals surface area contributed by atoms with Crippen LogP contribution in [0.5, 0.6) is 0 Å². The predicted octanol–water partition coefficient (Wildman–Crippen LogP) is 2.09. The average Bonchev–Trinajstić information content (AvgIpc) is 3.41. The number of ether oxygens (including phenoxy) is 2. The van der Waals surface area contributed by atoms with Gasteiger partial charge in [0.1, 0.15) is 11.4 Å². The zero-order valence-electron chi connectivity index (χ0n) is 19.8. The molecule has 2 fully saturated rings. The molecule has 2 N–H and O–H groups in total. The second-order valence-corrected chi connectivity index (χ2v) is 9.35.